The Hall–Kier alpha value is -3.28. The summed E-state index contributed by atoms with van der Waals surface area (Å²) in [6.07, 6.45) is 7.50. The van der Waals surface area contributed by atoms with E-state index in [1.807, 2.05) is 38.3 Å². The molecule has 2 unspecified atom stereocenters. The predicted molar refractivity (Wildman–Crippen MR) is 141 cm³/mol. The highest BCUT2D eigenvalue weighted by Crippen LogP contribution is 2.42. The van der Waals surface area contributed by atoms with Crippen LogP contribution >= 0.6 is 11.3 Å². The standard InChI is InChI=1S/C28H30N4O3S/c1-17(2)35-25-10-8-19(18(3)23(25)15-29)27-30-16-26(36-27)22-6-4-5-21-20(22)7-9-24(21)31-28(33)32-11-13-34-14-12-32/h4-6,8,10,16-18,23H,7,9,11-14H2,1-3H3. The van der Waals surface area contributed by atoms with Crippen molar-refractivity contribution < 1.29 is 14.3 Å². The second-order valence-electron chi connectivity index (χ2n) is 9.55. The monoisotopic (exact) mass is 502 g/mol. The molecular formula is C28H30N4O3S. The first kappa shape index (κ1) is 24.4. The maximum absolute atomic E-state index is 12.7. The molecule has 0 bridgehead atoms. The number of rotatable bonds is 4. The van der Waals surface area contributed by atoms with Gasteiger partial charge in [-0.05, 0) is 49.5 Å². The van der Waals surface area contributed by atoms with Crippen LogP contribution in [-0.2, 0) is 15.9 Å². The second-order valence-corrected chi connectivity index (χ2v) is 10.6. The van der Waals surface area contributed by atoms with E-state index in [4.69, 9.17) is 14.5 Å². The minimum absolute atomic E-state index is 0.0147. The number of hydrogen-bond donors (Lipinski definition) is 0. The number of nitrogens with zero attached hydrogens (tertiary/aromatic N) is 4. The lowest BCUT2D eigenvalue weighted by Crippen LogP contribution is -2.39. The van der Waals surface area contributed by atoms with E-state index in [0.29, 0.717) is 26.3 Å². The molecule has 0 N–H and O–H groups in total. The maximum Gasteiger partial charge on any atom is 0.343 e. The van der Waals surface area contributed by atoms with E-state index in [2.05, 4.69) is 30.1 Å². The molecule has 5 rings (SSSR count). The summed E-state index contributed by atoms with van der Waals surface area (Å²) >= 11 is 1.64. The van der Waals surface area contributed by atoms with Gasteiger partial charge in [0.2, 0.25) is 0 Å². The van der Waals surface area contributed by atoms with E-state index in [1.54, 1.807) is 16.2 Å². The van der Waals surface area contributed by atoms with Crippen molar-refractivity contribution in [3.8, 4) is 16.5 Å². The summed E-state index contributed by atoms with van der Waals surface area (Å²) in [5.74, 6) is 0.377. The Morgan fingerprint density at radius 2 is 2.03 bits per heavy atom. The van der Waals surface area contributed by atoms with Crippen LogP contribution in [-0.4, -0.2) is 54.0 Å². The average Bonchev–Trinajstić information content (AvgIpc) is 3.52. The van der Waals surface area contributed by atoms with Crippen LogP contribution in [0, 0.1) is 23.2 Å². The van der Waals surface area contributed by atoms with Gasteiger partial charge in [0.15, 0.2) is 0 Å². The van der Waals surface area contributed by atoms with Gasteiger partial charge in [0.1, 0.15) is 16.7 Å². The number of amides is 2. The third kappa shape index (κ3) is 4.73. The van der Waals surface area contributed by atoms with Crippen molar-refractivity contribution in [2.45, 2.75) is 39.7 Å². The SMILES string of the molecule is CC(C)OC1=CC=C(c2ncc(-c3cccc4c3CCC4=NC(=O)N3CCOCC3)s2)C(C)C1C#N. The molecule has 0 radical (unpaired) electrons. The molecule has 1 aliphatic heterocycles. The molecule has 1 aromatic heterocycles. The molecule has 3 aliphatic rings. The zero-order chi connectivity index (χ0) is 25.2. The number of urea groups is 1. The first-order valence-electron chi connectivity index (χ1n) is 12.5. The van der Waals surface area contributed by atoms with Gasteiger partial charge in [-0.2, -0.15) is 10.3 Å². The first-order chi connectivity index (χ1) is 17.5. The molecule has 2 aromatic rings. The highest BCUT2D eigenvalue weighted by atomic mass is 32.1. The Morgan fingerprint density at radius 1 is 1.25 bits per heavy atom. The molecule has 1 fully saturated rings. The average molecular weight is 503 g/mol. The summed E-state index contributed by atoms with van der Waals surface area (Å²) in [6.45, 7) is 8.32. The number of carbonyl (C=O) groups excluding carboxylic acids is 1. The Balaban J connectivity index is 1.41. The summed E-state index contributed by atoms with van der Waals surface area (Å²) in [4.78, 5) is 24.8. The van der Waals surface area contributed by atoms with E-state index in [0.717, 1.165) is 50.9 Å². The number of benzene rings is 1. The van der Waals surface area contributed by atoms with Crippen molar-refractivity contribution in [2.24, 2.45) is 16.8 Å². The number of hydrogen-bond acceptors (Lipinski definition) is 6. The van der Waals surface area contributed by atoms with E-state index >= 15 is 0 Å². The summed E-state index contributed by atoms with van der Waals surface area (Å²) in [5, 5.41) is 10.7. The number of carbonyl (C=O) groups is 1. The van der Waals surface area contributed by atoms with Crippen molar-refractivity contribution in [1.82, 2.24) is 9.88 Å². The fourth-order valence-electron chi connectivity index (χ4n) is 5.00. The summed E-state index contributed by atoms with van der Waals surface area (Å²) < 4.78 is 11.2. The molecule has 2 atom stereocenters. The molecule has 186 valence electrons. The number of fused-ring (bicyclic) bond motifs is 1. The zero-order valence-electron chi connectivity index (χ0n) is 20.9. The maximum atomic E-state index is 12.7. The largest absolute Gasteiger partial charge is 0.494 e. The van der Waals surface area contributed by atoms with Crippen LogP contribution in [0.2, 0.25) is 0 Å². The summed E-state index contributed by atoms with van der Waals surface area (Å²) in [7, 11) is 0. The normalized spacial score (nSPS) is 22.8. The van der Waals surface area contributed by atoms with Crippen molar-refractivity contribution in [3.05, 3.63) is 58.4 Å². The fourth-order valence-corrected chi connectivity index (χ4v) is 6.10. The molecule has 2 amide bonds. The van der Waals surface area contributed by atoms with Gasteiger partial charge in [-0.3, -0.25) is 0 Å². The molecule has 2 aliphatic carbocycles. The number of aliphatic imine (C=N–C) groups is 1. The lowest BCUT2D eigenvalue weighted by atomic mass is 9.83. The number of nitriles is 1. The third-order valence-corrected chi connectivity index (χ3v) is 7.94. The zero-order valence-corrected chi connectivity index (χ0v) is 21.7. The van der Waals surface area contributed by atoms with Gasteiger partial charge >= 0.3 is 6.03 Å². The van der Waals surface area contributed by atoms with Crippen LogP contribution in [0.3, 0.4) is 0 Å². The molecule has 0 saturated carbocycles. The molecular weight excluding hydrogens is 472 g/mol. The quantitative estimate of drug-likeness (QED) is 0.552. The summed E-state index contributed by atoms with van der Waals surface area (Å²) in [5.41, 5.74) is 5.32. The minimum atomic E-state index is -0.330. The Bertz CT molecular complexity index is 1290. The van der Waals surface area contributed by atoms with Crippen molar-refractivity contribution >= 4 is 28.7 Å². The smallest absolute Gasteiger partial charge is 0.343 e. The molecule has 0 spiro atoms. The van der Waals surface area contributed by atoms with Crippen LogP contribution in [0.4, 0.5) is 4.79 Å². The highest BCUT2D eigenvalue weighted by Gasteiger charge is 2.31. The number of aromatic nitrogens is 1. The topological polar surface area (TPSA) is 87.8 Å². The first-order valence-corrected chi connectivity index (χ1v) is 13.3. The lowest BCUT2D eigenvalue weighted by molar-refractivity contribution is 0.0555. The number of allylic oxidation sites excluding steroid dienone is 4. The molecule has 1 aromatic carbocycles. The van der Waals surface area contributed by atoms with Crippen LogP contribution < -0.4 is 0 Å². The molecule has 7 nitrogen and oxygen atoms in total. The summed E-state index contributed by atoms with van der Waals surface area (Å²) in [6, 6.07) is 8.45. The van der Waals surface area contributed by atoms with E-state index in [1.165, 1.54) is 5.56 Å². The molecule has 1 saturated heterocycles. The number of ether oxygens (including phenoxy) is 2. The Morgan fingerprint density at radius 3 is 2.78 bits per heavy atom. The van der Waals surface area contributed by atoms with Crippen molar-refractivity contribution in [1.29, 1.82) is 5.26 Å². The third-order valence-electron chi connectivity index (χ3n) is 6.86. The Kier molecular flexibility index (Phi) is 7.04. The minimum Gasteiger partial charge on any atom is -0.494 e. The van der Waals surface area contributed by atoms with Crippen LogP contribution in [0.5, 0.6) is 0 Å². The van der Waals surface area contributed by atoms with E-state index < -0.39 is 0 Å². The molecule has 8 heteroatoms. The van der Waals surface area contributed by atoms with E-state index in [9.17, 15) is 10.1 Å². The second kappa shape index (κ2) is 10.4. The van der Waals surface area contributed by atoms with E-state index in [-0.39, 0.29) is 24.0 Å². The van der Waals surface area contributed by atoms with Gasteiger partial charge in [0.25, 0.3) is 0 Å². The van der Waals surface area contributed by atoms with Gasteiger partial charge in [-0.1, -0.05) is 31.2 Å². The number of morpholine rings is 1. The fraction of sp³-hybridized carbons (Fsp3) is 0.429. The van der Waals surface area contributed by atoms with Crippen molar-refractivity contribution in [2.75, 3.05) is 26.3 Å². The van der Waals surface area contributed by atoms with Gasteiger partial charge in [0.05, 0.1) is 36.0 Å². The van der Waals surface area contributed by atoms with Gasteiger partial charge in [-0.15, -0.1) is 11.3 Å². The van der Waals surface area contributed by atoms with Crippen molar-refractivity contribution in [3.63, 3.8) is 0 Å². The Labute approximate surface area is 215 Å². The molecule has 36 heavy (non-hydrogen) atoms. The van der Waals surface area contributed by atoms with Gasteiger partial charge in [-0.25, -0.2) is 9.78 Å². The van der Waals surface area contributed by atoms with Gasteiger partial charge in [0, 0.05) is 30.8 Å². The molecule has 2 heterocycles. The predicted octanol–water partition coefficient (Wildman–Crippen LogP) is 5.48. The highest BCUT2D eigenvalue weighted by molar-refractivity contribution is 7.16. The lowest BCUT2D eigenvalue weighted by Gasteiger charge is -2.27. The van der Waals surface area contributed by atoms with Crippen LogP contribution in [0.25, 0.3) is 16.0 Å². The van der Waals surface area contributed by atoms with Crippen LogP contribution in [0.1, 0.15) is 43.3 Å². The van der Waals surface area contributed by atoms with Gasteiger partial charge < -0.3 is 14.4 Å². The van der Waals surface area contributed by atoms with Crippen LogP contribution in [0.15, 0.2) is 47.3 Å². The number of thiazole rings is 1.